The second-order valence-electron chi connectivity index (χ2n) is 9.64. The lowest BCUT2D eigenvalue weighted by atomic mass is 10.1. The summed E-state index contributed by atoms with van der Waals surface area (Å²) in [5.74, 6) is -1.97. The van der Waals surface area contributed by atoms with Crippen molar-refractivity contribution >= 4 is 46.5 Å². The third-order valence-corrected chi connectivity index (χ3v) is 7.62. The number of fused-ring (bicyclic) bond motifs is 1. The molecule has 0 radical (unpaired) electrons. The second-order valence-corrected chi connectivity index (χ2v) is 10.3. The van der Waals surface area contributed by atoms with Crippen molar-refractivity contribution in [1.82, 2.24) is 19.4 Å². The molecule has 11 nitrogen and oxygen atoms in total. The minimum absolute atomic E-state index is 0.200. The zero-order chi connectivity index (χ0) is 26.9. The van der Waals surface area contributed by atoms with E-state index in [1.165, 1.54) is 4.90 Å². The number of morpholine rings is 1. The summed E-state index contributed by atoms with van der Waals surface area (Å²) in [5, 5.41) is 8.66. The third kappa shape index (κ3) is 5.00. The summed E-state index contributed by atoms with van der Waals surface area (Å²) in [6.45, 7) is 2.49. The van der Waals surface area contributed by atoms with Crippen molar-refractivity contribution in [2.75, 3.05) is 43.1 Å². The van der Waals surface area contributed by atoms with Gasteiger partial charge in [0.2, 0.25) is 5.91 Å². The lowest BCUT2D eigenvalue weighted by Gasteiger charge is -2.31. The molecule has 4 amide bonds. The van der Waals surface area contributed by atoms with Gasteiger partial charge in [-0.25, -0.2) is 0 Å². The topological polar surface area (TPSA) is 125 Å². The maximum Gasteiger partial charge on any atom is 0.262 e. The Balaban J connectivity index is 1.22. The quantitative estimate of drug-likeness (QED) is 0.427. The average Bonchev–Trinajstić information content (AvgIpc) is 3.60. The number of hydrogen-bond acceptors (Lipinski definition) is 9. The highest BCUT2D eigenvalue weighted by Gasteiger charge is 2.45. The molecule has 2 fully saturated rings. The number of carbonyl (C=O) groups is 4. The van der Waals surface area contributed by atoms with Crippen LogP contribution >= 0.6 is 11.5 Å². The van der Waals surface area contributed by atoms with E-state index in [-0.39, 0.29) is 17.2 Å². The van der Waals surface area contributed by atoms with Gasteiger partial charge in [0, 0.05) is 35.9 Å². The molecule has 3 aromatic rings. The highest BCUT2D eigenvalue weighted by molar-refractivity contribution is 7.03. The minimum Gasteiger partial charge on any atom is -0.378 e. The number of anilines is 2. The number of amides is 4. The molecule has 200 valence electrons. The Morgan fingerprint density at radius 3 is 2.28 bits per heavy atom. The molecule has 1 saturated heterocycles. The van der Waals surface area contributed by atoms with Crippen LogP contribution in [0.4, 0.5) is 11.4 Å². The number of nitrogens with zero attached hydrogens (tertiary/aromatic N) is 5. The largest absolute Gasteiger partial charge is 0.378 e. The summed E-state index contributed by atoms with van der Waals surface area (Å²) < 4.78 is 9.33. The van der Waals surface area contributed by atoms with Gasteiger partial charge in [0.15, 0.2) is 6.04 Å². The number of benzene rings is 2. The van der Waals surface area contributed by atoms with Gasteiger partial charge in [0.05, 0.1) is 24.3 Å². The predicted octanol–water partition coefficient (Wildman–Crippen LogP) is 2.34. The molecule has 3 aliphatic rings. The van der Waals surface area contributed by atoms with Gasteiger partial charge in [0.1, 0.15) is 12.2 Å². The molecule has 2 aromatic carbocycles. The van der Waals surface area contributed by atoms with E-state index in [0.717, 1.165) is 35.2 Å². The number of imide groups is 1. The Kier molecular flexibility index (Phi) is 6.79. The highest BCUT2D eigenvalue weighted by atomic mass is 32.1. The van der Waals surface area contributed by atoms with Crippen LogP contribution in [-0.4, -0.2) is 81.9 Å². The van der Waals surface area contributed by atoms with Gasteiger partial charge in [-0.15, -0.1) is 5.10 Å². The number of ether oxygens (including phenoxy) is 1. The van der Waals surface area contributed by atoms with Gasteiger partial charge in [-0.05, 0) is 60.8 Å². The highest BCUT2D eigenvalue weighted by Crippen LogP contribution is 2.36. The van der Waals surface area contributed by atoms with E-state index < -0.39 is 36.2 Å². The number of rotatable bonds is 8. The van der Waals surface area contributed by atoms with E-state index in [9.17, 15) is 19.2 Å². The number of carbonyl (C=O) groups excluding carboxylic acids is 4. The maximum absolute atomic E-state index is 13.7. The molecule has 1 saturated carbocycles. The van der Waals surface area contributed by atoms with Crippen LogP contribution < -0.4 is 10.2 Å². The Bertz CT molecular complexity index is 1370. The van der Waals surface area contributed by atoms with E-state index in [2.05, 4.69) is 19.8 Å². The first-order valence-corrected chi connectivity index (χ1v) is 13.6. The van der Waals surface area contributed by atoms with E-state index >= 15 is 0 Å². The monoisotopic (exact) mass is 546 g/mol. The first kappa shape index (κ1) is 25.1. The molecule has 39 heavy (non-hydrogen) atoms. The lowest BCUT2D eigenvalue weighted by Crippen LogP contribution is -2.48. The van der Waals surface area contributed by atoms with Crippen LogP contribution in [-0.2, 0) is 14.3 Å². The van der Waals surface area contributed by atoms with Crippen molar-refractivity contribution in [3.05, 3.63) is 70.7 Å². The smallest absolute Gasteiger partial charge is 0.262 e. The molecule has 1 aliphatic carbocycles. The van der Waals surface area contributed by atoms with Crippen LogP contribution in [0.5, 0.6) is 0 Å². The molecule has 0 spiro atoms. The Morgan fingerprint density at radius 1 is 1.03 bits per heavy atom. The average molecular weight is 547 g/mol. The molecule has 12 heteroatoms. The van der Waals surface area contributed by atoms with E-state index in [1.807, 2.05) is 24.3 Å². The molecule has 1 unspecified atom stereocenters. The Labute approximate surface area is 228 Å². The molecule has 3 heterocycles. The molecule has 1 N–H and O–H groups in total. The molecular formula is C27H26N6O5S. The number of aromatic nitrogens is 2. The van der Waals surface area contributed by atoms with E-state index in [0.29, 0.717) is 37.4 Å². The van der Waals surface area contributed by atoms with Gasteiger partial charge in [0.25, 0.3) is 17.7 Å². The second kappa shape index (κ2) is 10.5. The van der Waals surface area contributed by atoms with Gasteiger partial charge >= 0.3 is 0 Å². The van der Waals surface area contributed by atoms with Gasteiger partial charge < -0.3 is 19.9 Å². The van der Waals surface area contributed by atoms with Gasteiger partial charge in [-0.2, -0.15) is 0 Å². The zero-order valence-corrected chi connectivity index (χ0v) is 21.8. The van der Waals surface area contributed by atoms with Gasteiger partial charge in [-0.1, -0.05) is 16.6 Å². The molecule has 6 rings (SSSR count). The zero-order valence-electron chi connectivity index (χ0n) is 21.0. The van der Waals surface area contributed by atoms with Crippen molar-refractivity contribution in [1.29, 1.82) is 0 Å². The summed E-state index contributed by atoms with van der Waals surface area (Å²) in [6, 6.07) is 12.7. The minimum atomic E-state index is -1.06. The molecule has 2 aliphatic heterocycles. The Morgan fingerprint density at radius 2 is 1.69 bits per heavy atom. The summed E-state index contributed by atoms with van der Waals surface area (Å²) in [7, 11) is 0. The summed E-state index contributed by atoms with van der Waals surface area (Å²) in [6.07, 6.45) is 1.42. The fourth-order valence-corrected chi connectivity index (χ4v) is 5.47. The number of hydrogen-bond donors (Lipinski definition) is 1. The van der Waals surface area contributed by atoms with Crippen LogP contribution in [0.1, 0.15) is 45.3 Å². The predicted molar refractivity (Wildman–Crippen MR) is 142 cm³/mol. The van der Waals surface area contributed by atoms with Gasteiger partial charge in [-0.3, -0.25) is 24.1 Å². The SMILES string of the molecule is O=C(Nc1ccc(N2CCOCC2)cc1)C(c1csnn1)N(C(=O)CN1C(=O)c2ccccc2C1=O)C1CC1. The normalized spacial score (nSPS) is 17.6. The van der Waals surface area contributed by atoms with E-state index in [4.69, 9.17) is 4.74 Å². The fourth-order valence-electron chi connectivity index (χ4n) is 4.99. The first-order chi connectivity index (χ1) is 19.0. The van der Waals surface area contributed by atoms with Crippen molar-refractivity contribution in [2.24, 2.45) is 0 Å². The van der Waals surface area contributed by atoms with Crippen LogP contribution in [0.15, 0.2) is 53.9 Å². The van der Waals surface area contributed by atoms with Crippen molar-refractivity contribution < 1.29 is 23.9 Å². The summed E-state index contributed by atoms with van der Waals surface area (Å²) >= 11 is 1.08. The third-order valence-electron chi connectivity index (χ3n) is 7.09. The van der Waals surface area contributed by atoms with Crippen LogP contribution in [0, 0.1) is 0 Å². The standard InChI is InChI=1S/C27H26N6O5S/c34-23(15-32-26(36)20-3-1-2-4-21(20)27(32)37)33(19-9-10-19)24(22-16-39-30-29-22)25(35)28-17-5-7-18(8-6-17)31-11-13-38-14-12-31/h1-8,16,19,24H,9-15H2,(H,28,35). The first-order valence-electron chi connectivity index (χ1n) is 12.8. The lowest BCUT2D eigenvalue weighted by molar-refractivity contribution is -0.140. The fraction of sp³-hybridized carbons (Fsp3) is 0.333. The van der Waals surface area contributed by atoms with Crippen LogP contribution in [0.2, 0.25) is 0 Å². The molecule has 1 atom stereocenters. The van der Waals surface area contributed by atoms with Crippen molar-refractivity contribution in [3.63, 3.8) is 0 Å². The summed E-state index contributed by atoms with van der Waals surface area (Å²) in [5.41, 5.74) is 2.49. The van der Waals surface area contributed by atoms with Crippen LogP contribution in [0.3, 0.4) is 0 Å². The van der Waals surface area contributed by atoms with E-state index in [1.54, 1.807) is 29.6 Å². The van der Waals surface area contributed by atoms with Crippen LogP contribution in [0.25, 0.3) is 0 Å². The van der Waals surface area contributed by atoms with Crippen molar-refractivity contribution in [2.45, 2.75) is 24.9 Å². The van der Waals surface area contributed by atoms with Crippen molar-refractivity contribution in [3.8, 4) is 0 Å². The molecule has 0 bridgehead atoms. The number of nitrogens with one attached hydrogen (secondary N) is 1. The molecule has 1 aromatic heterocycles. The summed E-state index contributed by atoms with van der Waals surface area (Å²) in [4.78, 5) is 57.7. The molecular weight excluding hydrogens is 520 g/mol. The maximum atomic E-state index is 13.7. The Hall–Kier alpha value is -4.16.